The van der Waals surface area contributed by atoms with Gasteiger partial charge in [-0.15, -0.1) is 11.8 Å². The van der Waals surface area contributed by atoms with Crippen LogP contribution >= 0.6 is 11.8 Å². The van der Waals surface area contributed by atoms with E-state index in [-0.39, 0.29) is 17.7 Å². The minimum absolute atomic E-state index is 0.242. The zero-order valence-corrected chi connectivity index (χ0v) is 19.7. The molecule has 1 unspecified atom stereocenters. The number of hydrogen-bond donors (Lipinski definition) is 2. The normalized spacial score (nSPS) is 15.0. The summed E-state index contributed by atoms with van der Waals surface area (Å²) in [4.78, 5) is 40.4. The van der Waals surface area contributed by atoms with Gasteiger partial charge in [0.2, 0.25) is 5.91 Å². The van der Waals surface area contributed by atoms with Crippen molar-refractivity contribution in [3.63, 3.8) is 0 Å². The van der Waals surface area contributed by atoms with Crippen LogP contribution in [0.4, 0.5) is 11.4 Å². The first-order chi connectivity index (χ1) is 16.5. The molecular formula is C26H25N3O4S. The predicted octanol–water partition coefficient (Wildman–Crippen LogP) is 4.41. The van der Waals surface area contributed by atoms with E-state index in [0.29, 0.717) is 39.9 Å². The fourth-order valence-corrected chi connectivity index (χ4v) is 4.75. The van der Waals surface area contributed by atoms with E-state index in [4.69, 9.17) is 4.74 Å². The Labute approximate surface area is 202 Å². The van der Waals surface area contributed by atoms with E-state index >= 15 is 0 Å². The number of thioether (sulfide) groups is 1. The van der Waals surface area contributed by atoms with Gasteiger partial charge < -0.3 is 20.3 Å². The average molecular weight is 476 g/mol. The van der Waals surface area contributed by atoms with Gasteiger partial charge in [0.15, 0.2) is 0 Å². The number of nitrogens with zero attached hydrogens (tertiary/aromatic N) is 1. The lowest BCUT2D eigenvalue weighted by Crippen LogP contribution is -2.44. The molecular weight excluding hydrogens is 450 g/mol. The van der Waals surface area contributed by atoms with Crippen molar-refractivity contribution >= 4 is 40.9 Å². The van der Waals surface area contributed by atoms with E-state index in [0.717, 1.165) is 5.56 Å². The molecule has 1 aliphatic rings. The molecule has 2 N–H and O–H groups in total. The molecule has 1 aliphatic heterocycles. The zero-order valence-electron chi connectivity index (χ0n) is 18.9. The summed E-state index contributed by atoms with van der Waals surface area (Å²) >= 11 is 1.53. The Morgan fingerprint density at radius 3 is 2.38 bits per heavy atom. The molecule has 0 radical (unpaired) electrons. The summed E-state index contributed by atoms with van der Waals surface area (Å²) < 4.78 is 5.14. The van der Waals surface area contributed by atoms with E-state index in [1.165, 1.54) is 11.8 Å². The lowest BCUT2D eigenvalue weighted by Gasteiger charge is -2.23. The van der Waals surface area contributed by atoms with Crippen molar-refractivity contribution in [3.05, 3.63) is 89.5 Å². The van der Waals surface area contributed by atoms with Crippen molar-refractivity contribution < 1.29 is 19.1 Å². The van der Waals surface area contributed by atoms with Gasteiger partial charge in [-0.2, -0.15) is 0 Å². The highest BCUT2D eigenvalue weighted by molar-refractivity contribution is 7.99. The zero-order chi connectivity index (χ0) is 24.1. The van der Waals surface area contributed by atoms with Crippen LogP contribution in [-0.4, -0.2) is 47.4 Å². The molecule has 174 valence electrons. The SMILES string of the molecule is COc1ccc(NC(=O)C2CSCN2C(=O)c2ccc(C)c(NC(=O)c3ccccc3)c2)cc1. The maximum absolute atomic E-state index is 13.3. The fraction of sp³-hybridized carbons (Fsp3) is 0.192. The van der Waals surface area contributed by atoms with Crippen molar-refractivity contribution in [2.24, 2.45) is 0 Å². The second-order valence-corrected chi connectivity index (χ2v) is 8.86. The summed E-state index contributed by atoms with van der Waals surface area (Å²) in [6.45, 7) is 1.87. The van der Waals surface area contributed by atoms with Crippen LogP contribution in [0.5, 0.6) is 5.75 Å². The highest BCUT2D eigenvalue weighted by Crippen LogP contribution is 2.27. The molecule has 3 aromatic rings. The van der Waals surface area contributed by atoms with Gasteiger partial charge in [0.1, 0.15) is 11.8 Å². The third-order valence-corrected chi connectivity index (χ3v) is 6.58. The lowest BCUT2D eigenvalue weighted by atomic mass is 10.1. The molecule has 0 saturated carbocycles. The molecule has 1 saturated heterocycles. The molecule has 0 aromatic heterocycles. The second-order valence-electron chi connectivity index (χ2n) is 7.86. The van der Waals surface area contributed by atoms with Crippen LogP contribution in [0.1, 0.15) is 26.3 Å². The van der Waals surface area contributed by atoms with Crippen LogP contribution in [0.2, 0.25) is 0 Å². The topological polar surface area (TPSA) is 87.7 Å². The fourth-order valence-electron chi connectivity index (χ4n) is 3.60. The Hall–Kier alpha value is -3.78. The van der Waals surface area contributed by atoms with Crippen LogP contribution in [-0.2, 0) is 4.79 Å². The molecule has 1 heterocycles. The molecule has 3 aromatic carbocycles. The highest BCUT2D eigenvalue weighted by Gasteiger charge is 2.35. The van der Waals surface area contributed by atoms with E-state index in [1.807, 2.05) is 13.0 Å². The first-order valence-corrected chi connectivity index (χ1v) is 11.9. The highest BCUT2D eigenvalue weighted by atomic mass is 32.2. The number of amides is 3. The average Bonchev–Trinajstić information content (AvgIpc) is 3.36. The largest absolute Gasteiger partial charge is 0.497 e. The van der Waals surface area contributed by atoms with Gasteiger partial charge >= 0.3 is 0 Å². The third kappa shape index (κ3) is 5.23. The Bertz CT molecular complexity index is 1200. The van der Waals surface area contributed by atoms with Crippen molar-refractivity contribution in [2.45, 2.75) is 13.0 Å². The molecule has 8 heteroatoms. The Balaban J connectivity index is 1.48. The van der Waals surface area contributed by atoms with Crippen molar-refractivity contribution in [2.75, 3.05) is 29.4 Å². The van der Waals surface area contributed by atoms with Gasteiger partial charge in [-0.3, -0.25) is 14.4 Å². The molecule has 34 heavy (non-hydrogen) atoms. The van der Waals surface area contributed by atoms with Crippen molar-refractivity contribution in [1.29, 1.82) is 0 Å². The van der Waals surface area contributed by atoms with Gasteiger partial charge in [-0.05, 0) is 61.0 Å². The predicted molar refractivity (Wildman–Crippen MR) is 134 cm³/mol. The van der Waals surface area contributed by atoms with Gasteiger partial charge in [0.25, 0.3) is 11.8 Å². The molecule has 0 aliphatic carbocycles. The van der Waals surface area contributed by atoms with Crippen LogP contribution in [0.15, 0.2) is 72.8 Å². The Kier molecular flexibility index (Phi) is 7.18. The Morgan fingerprint density at radius 1 is 0.941 bits per heavy atom. The summed E-state index contributed by atoms with van der Waals surface area (Å²) in [7, 11) is 1.58. The van der Waals surface area contributed by atoms with E-state index in [9.17, 15) is 14.4 Å². The van der Waals surface area contributed by atoms with Gasteiger partial charge in [0, 0.05) is 28.3 Å². The number of carbonyl (C=O) groups is 3. The van der Waals surface area contributed by atoms with Crippen molar-refractivity contribution in [1.82, 2.24) is 4.90 Å². The minimum atomic E-state index is -0.594. The lowest BCUT2D eigenvalue weighted by molar-refractivity contribution is -0.119. The summed E-state index contributed by atoms with van der Waals surface area (Å²) in [6, 6.07) is 20.5. The maximum Gasteiger partial charge on any atom is 0.255 e. The molecule has 7 nitrogen and oxygen atoms in total. The van der Waals surface area contributed by atoms with Gasteiger partial charge in [-0.1, -0.05) is 24.3 Å². The molecule has 0 spiro atoms. The Morgan fingerprint density at radius 2 is 1.68 bits per heavy atom. The van der Waals surface area contributed by atoms with E-state index in [2.05, 4.69) is 10.6 Å². The summed E-state index contributed by atoms with van der Waals surface area (Å²) in [5.41, 5.74) is 2.98. The second kappa shape index (κ2) is 10.4. The van der Waals surface area contributed by atoms with Crippen molar-refractivity contribution in [3.8, 4) is 5.75 Å². The molecule has 1 fully saturated rings. The number of nitrogens with one attached hydrogen (secondary N) is 2. The third-order valence-electron chi connectivity index (χ3n) is 5.57. The number of methoxy groups -OCH3 is 1. The monoisotopic (exact) mass is 475 g/mol. The van der Waals surface area contributed by atoms with Gasteiger partial charge in [-0.25, -0.2) is 0 Å². The number of anilines is 2. The van der Waals surface area contributed by atoms with Crippen LogP contribution in [0, 0.1) is 6.92 Å². The first-order valence-electron chi connectivity index (χ1n) is 10.8. The minimum Gasteiger partial charge on any atom is -0.497 e. The summed E-state index contributed by atoms with van der Waals surface area (Å²) in [6.07, 6.45) is 0. The number of rotatable bonds is 6. The standard InChI is InChI=1S/C26H25N3O4S/c1-17-8-9-19(14-22(17)28-24(30)18-6-4-3-5-7-18)26(32)29-16-34-15-23(29)25(31)27-20-10-12-21(33-2)13-11-20/h3-14,23H,15-16H2,1-2H3,(H,27,31)(H,28,30). The maximum atomic E-state index is 13.3. The van der Waals surface area contributed by atoms with Crippen LogP contribution in [0.25, 0.3) is 0 Å². The smallest absolute Gasteiger partial charge is 0.255 e. The number of carbonyl (C=O) groups excluding carboxylic acids is 3. The number of benzene rings is 3. The van der Waals surface area contributed by atoms with Crippen LogP contribution in [0.3, 0.4) is 0 Å². The molecule has 0 bridgehead atoms. The van der Waals surface area contributed by atoms with E-state index < -0.39 is 6.04 Å². The summed E-state index contributed by atoms with van der Waals surface area (Å²) in [5, 5.41) is 5.76. The molecule has 3 amide bonds. The van der Waals surface area contributed by atoms with E-state index in [1.54, 1.807) is 78.7 Å². The molecule has 4 rings (SSSR count). The van der Waals surface area contributed by atoms with Crippen LogP contribution < -0.4 is 15.4 Å². The number of aryl methyl sites for hydroxylation is 1. The van der Waals surface area contributed by atoms with Gasteiger partial charge in [0.05, 0.1) is 13.0 Å². The number of hydrogen-bond acceptors (Lipinski definition) is 5. The number of ether oxygens (including phenoxy) is 1. The molecule has 1 atom stereocenters. The quantitative estimate of drug-likeness (QED) is 0.551. The first kappa shape index (κ1) is 23.4. The summed E-state index contributed by atoms with van der Waals surface area (Å²) in [5.74, 6) is 0.877.